The molecule has 3 heteroatoms. The molecular weight excluding hydrogens is 156 g/mol. The average molecular weight is 170 g/mol. The summed E-state index contributed by atoms with van der Waals surface area (Å²) in [5.41, 5.74) is -0.988. The molecule has 2 aliphatic rings. The Morgan fingerprint density at radius 1 is 1.33 bits per heavy atom. The van der Waals surface area contributed by atoms with Crippen LogP contribution < -0.4 is 0 Å². The second-order valence-corrected chi connectivity index (χ2v) is 3.90. The standard InChI is InChI=1S/C9H14O3/c1-8-4-5-9(2,12-8)7(11-3)6(8)10/h4-7,10H,1-3H3/t6?,7?,8-,9+/m0/s1. The molecule has 0 spiro atoms. The zero-order valence-electron chi connectivity index (χ0n) is 7.57. The highest BCUT2D eigenvalue weighted by Crippen LogP contribution is 2.46. The minimum atomic E-state index is -0.558. The van der Waals surface area contributed by atoms with Crippen molar-refractivity contribution in [2.75, 3.05) is 7.11 Å². The first kappa shape index (κ1) is 8.23. The molecule has 2 rings (SSSR count). The van der Waals surface area contributed by atoms with E-state index in [1.807, 2.05) is 26.0 Å². The number of hydrogen-bond acceptors (Lipinski definition) is 3. The summed E-state index contributed by atoms with van der Waals surface area (Å²) in [4.78, 5) is 0. The van der Waals surface area contributed by atoms with Crippen LogP contribution in [-0.2, 0) is 9.47 Å². The van der Waals surface area contributed by atoms with Gasteiger partial charge in [-0.3, -0.25) is 0 Å². The van der Waals surface area contributed by atoms with Crippen molar-refractivity contribution in [3.8, 4) is 0 Å². The zero-order chi connectivity index (χ0) is 8.98. The van der Waals surface area contributed by atoms with Gasteiger partial charge in [-0.2, -0.15) is 0 Å². The number of aliphatic hydroxyl groups is 1. The third-order valence-electron chi connectivity index (χ3n) is 2.88. The van der Waals surface area contributed by atoms with Crippen LogP contribution in [0.5, 0.6) is 0 Å². The summed E-state index contributed by atoms with van der Waals surface area (Å²) in [5, 5.41) is 9.80. The second-order valence-electron chi connectivity index (χ2n) is 3.90. The summed E-state index contributed by atoms with van der Waals surface area (Å²) < 4.78 is 10.9. The van der Waals surface area contributed by atoms with Crippen molar-refractivity contribution in [2.45, 2.75) is 37.3 Å². The van der Waals surface area contributed by atoms with Gasteiger partial charge in [0.2, 0.25) is 0 Å². The molecule has 12 heavy (non-hydrogen) atoms. The lowest BCUT2D eigenvalue weighted by molar-refractivity contribution is -0.0508. The second kappa shape index (κ2) is 2.10. The SMILES string of the molecule is COC1C(O)[C@]2(C)C=C[C@@]1(C)O2. The fourth-order valence-electron chi connectivity index (χ4n) is 2.16. The van der Waals surface area contributed by atoms with Gasteiger partial charge >= 0.3 is 0 Å². The van der Waals surface area contributed by atoms with Crippen molar-refractivity contribution in [1.29, 1.82) is 0 Å². The van der Waals surface area contributed by atoms with Crippen LogP contribution in [0.15, 0.2) is 12.2 Å². The van der Waals surface area contributed by atoms with Crippen molar-refractivity contribution < 1.29 is 14.6 Å². The molecule has 2 heterocycles. The molecule has 1 fully saturated rings. The number of methoxy groups -OCH3 is 1. The minimum Gasteiger partial charge on any atom is -0.387 e. The number of rotatable bonds is 1. The third-order valence-corrected chi connectivity index (χ3v) is 2.88. The Kier molecular flexibility index (Phi) is 1.44. The molecule has 0 amide bonds. The summed E-state index contributed by atoms with van der Waals surface area (Å²) in [5.74, 6) is 0. The van der Waals surface area contributed by atoms with E-state index < -0.39 is 17.3 Å². The van der Waals surface area contributed by atoms with E-state index in [1.165, 1.54) is 0 Å². The number of ether oxygens (including phenoxy) is 2. The highest BCUT2D eigenvalue weighted by atomic mass is 16.6. The number of fused-ring (bicyclic) bond motifs is 2. The molecule has 0 radical (unpaired) electrons. The summed E-state index contributed by atoms with van der Waals surface area (Å²) >= 11 is 0. The molecule has 0 aromatic heterocycles. The van der Waals surface area contributed by atoms with Gasteiger partial charge < -0.3 is 14.6 Å². The largest absolute Gasteiger partial charge is 0.387 e. The van der Waals surface area contributed by atoms with Gasteiger partial charge in [0.1, 0.15) is 23.4 Å². The van der Waals surface area contributed by atoms with E-state index in [0.717, 1.165) is 0 Å². The molecule has 0 saturated carbocycles. The summed E-state index contributed by atoms with van der Waals surface area (Å²) in [6.45, 7) is 3.80. The highest BCUT2D eigenvalue weighted by Gasteiger charge is 2.60. The van der Waals surface area contributed by atoms with Crippen LogP contribution in [0, 0.1) is 0 Å². The summed E-state index contributed by atoms with van der Waals surface area (Å²) in [6.07, 6.45) is 3.08. The van der Waals surface area contributed by atoms with Crippen LogP contribution in [0.3, 0.4) is 0 Å². The van der Waals surface area contributed by atoms with Gasteiger partial charge in [-0.25, -0.2) is 0 Å². The molecule has 2 bridgehead atoms. The van der Waals surface area contributed by atoms with Crippen LogP contribution in [0.25, 0.3) is 0 Å². The maximum atomic E-state index is 9.80. The van der Waals surface area contributed by atoms with Crippen LogP contribution in [0.4, 0.5) is 0 Å². The fraction of sp³-hybridized carbons (Fsp3) is 0.778. The summed E-state index contributed by atoms with van der Waals surface area (Å²) in [6, 6.07) is 0. The summed E-state index contributed by atoms with van der Waals surface area (Å²) in [7, 11) is 1.60. The first-order valence-corrected chi connectivity index (χ1v) is 4.13. The lowest BCUT2D eigenvalue weighted by Gasteiger charge is -2.27. The van der Waals surface area contributed by atoms with Crippen molar-refractivity contribution in [2.24, 2.45) is 0 Å². The molecule has 2 unspecified atom stereocenters. The van der Waals surface area contributed by atoms with Gasteiger partial charge in [0.15, 0.2) is 0 Å². The predicted octanol–water partition coefficient (Wildman–Crippen LogP) is 0.480. The van der Waals surface area contributed by atoms with Crippen molar-refractivity contribution >= 4 is 0 Å². The lowest BCUT2D eigenvalue weighted by atomic mass is 9.85. The average Bonchev–Trinajstić information content (AvgIpc) is 2.38. The number of aliphatic hydroxyl groups excluding tert-OH is 1. The first-order chi connectivity index (χ1) is 5.52. The van der Waals surface area contributed by atoms with E-state index in [1.54, 1.807) is 7.11 Å². The van der Waals surface area contributed by atoms with Gasteiger partial charge in [0.05, 0.1) is 0 Å². The maximum absolute atomic E-state index is 9.80. The Hall–Kier alpha value is -0.380. The lowest BCUT2D eigenvalue weighted by Crippen LogP contribution is -2.45. The number of hydrogen-bond donors (Lipinski definition) is 1. The molecule has 1 saturated heterocycles. The molecule has 0 aromatic carbocycles. The van der Waals surface area contributed by atoms with Gasteiger partial charge in [-0.1, -0.05) is 12.2 Å². The fourth-order valence-corrected chi connectivity index (χ4v) is 2.16. The van der Waals surface area contributed by atoms with E-state index >= 15 is 0 Å². The van der Waals surface area contributed by atoms with Crippen molar-refractivity contribution in [3.63, 3.8) is 0 Å². The Morgan fingerprint density at radius 2 is 1.92 bits per heavy atom. The Bertz CT molecular complexity index is 238. The van der Waals surface area contributed by atoms with Crippen LogP contribution in [0.2, 0.25) is 0 Å². The van der Waals surface area contributed by atoms with Gasteiger partial charge in [-0.05, 0) is 13.8 Å². The predicted molar refractivity (Wildman–Crippen MR) is 43.8 cm³/mol. The van der Waals surface area contributed by atoms with Crippen LogP contribution >= 0.6 is 0 Å². The highest BCUT2D eigenvalue weighted by molar-refractivity contribution is 5.28. The molecule has 1 N–H and O–H groups in total. The smallest absolute Gasteiger partial charge is 0.118 e. The maximum Gasteiger partial charge on any atom is 0.118 e. The molecule has 68 valence electrons. The monoisotopic (exact) mass is 170 g/mol. The molecule has 0 aliphatic carbocycles. The van der Waals surface area contributed by atoms with E-state index in [-0.39, 0.29) is 6.10 Å². The normalized spacial score (nSPS) is 56.7. The van der Waals surface area contributed by atoms with E-state index in [2.05, 4.69) is 0 Å². The van der Waals surface area contributed by atoms with Crippen molar-refractivity contribution in [1.82, 2.24) is 0 Å². The zero-order valence-corrected chi connectivity index (χ0v) is 7.57. The molecule has 3 nitrogen and oxygen atoms in total. The Morgan fingerprint density at radius 3 is 2.25 bits per heavy atom. The first-order valence-electron chi connectivity index (χ1n) is 4.13. The van der Waals surface area contributed by atoms with E-state index in [9.17, 15) is 5.11 Å². The Labute approximate surface area is 72.0 Å². The molecule has 0 aromatic rings. The van der Waals surface area contributed by atoms with E-state index in [4.69, 9.17) is 9.47 Å². The van der Waals surface area contributed by atoms with Crippen LogP contribution in [-0.4, -0.2) is 35.6 Å². The van der Waals surface area contributed by atoms with Crippen LogP contribution in [0.1, 0.15) is 13.8 Å². The molecule has 4 atom stereocenters. The third kappa shape index (κ3) is 0.762. The van der Waals surface area contributed by atoms with Crippen molar-refractivity contribution in [3.05, 3.63) is 12.2 Å². The topological polar surface area (TPSA) is 38.7 Å². The van der Waals surface area contributed by atoms with Gasteiger partial charge in [0.25, 0.3) is 0 Å². The quantitative estimate of drug-likeness (QED) is 0.582. The minimum absolute atomic E-state index is 0.243. The van der Waals surface area contributed by atoms with E-state index in [0.29, 0.717) is 0 Å². The molecule has 2 aliphatic heterocycles. The Balaban J connectivity index is 2.38. The van der Waals surface area contributed by atoms with Gasteiger partial charge in [-0.15, -0.1) is 0 Å². The van der Waals surface area contributed by atoms with Gasteiger partial charge in [0, 0.05) is 7.11 Å². The molecular formula is C9H14O3.